The van der Waals surface area contributed by atoms with Crippen LogP contribution in [-0.4, -0.2) is 31.4 Å². The third-order valence-electron chi connectivity index (χ3n) is 4.30. The van der Waals surface area contributed by atoms with Crippen molar-refractivity contribution in [1.29, 1.82) is 0 Å². The van der Waals surface area contributed by atoms with Gasteiger partial charge in [-0.25, -0.2) is 0 Å². The number of carbonyl (C=O) groups is 2. The Bertz CT molecular complexity index is 900. The average Bonchev–Trinajstić information content (AvgIpc) is 2.70. The zero-order valence-corrected chi connectivity index (χ0v) is 18.2. The number of rotatable bonds is 9. The Labute approximate surface area is 174 Å². The predicted molar refractivity (Wildman–Crippen MR) is 112 cm³/mol. The van der Waals surface area contributed by atoms with Crippen molar-refractivity contribution in [2.45, 2.75) is 19.8 Å². The van der Waals surface area contributed by atoms with E-state index in [0.29, 0.717) is 12.8 Å². The van der Waals surface area contributed by atoms with E-state index in [1.54, 1.807) is 24.3 Å². The first-order valence-electron chi connectivity index (χ1n) is 8.65. The van der Waals surface area contributed by atoms with Gasteiger partial charge in [-0.3, -0.25) is 9.59 Å². The molecule has 28 heavy (non-hydrogen) atoms. The molecule has 2 rings (SSSR count). The first-order valence-corrected chi connectivity index (χ1v) is 11.3. The van der Waals surface area contributed by atoms with E-state index in [0.717, 1.165) is 0 Å². The molecule has 0 aliphatic heterocycles. The lowest BCUT2D eigenvalue weighted by Gasteiger charge is -2.20. The largest absolute Gasteiger partial charge is 0.496 e. The van der Waals surface area contributed by atoms with Crippen molar-refractivity contribution in [3.63, 3.8) is 0 Å². The van der Waals surface area contributed by atoms with Crippen LogP contribution in [0.2, 0.25) is 10.0 Å². The smallest absolute Gasteiger partial charge is 0.236 e. The molecule has 0 saturated heterocycles. The van der Waals surface area contributed by atoms with Crippen molar-refractivity contribution < 1.29 is 23.6 Å². The van der Waals surface area contributed by atoms with Crippen LogP contribution in [0.4, 0.5) is 0 Å². The second kappa shape index (κ2) is 9.60. The third kappa shape index (κ3) is 4.27. The Hall–Kier alpha value is -1.81. The van der Waals surface area contributed by atoms with Crippen LogP contribution in [0, 0.1) is 0 Å². The van der Waals surface area contributed by atoms with Crippen LogP contribution in [0.5, 0.6) is 11.5 Å². The van der Waals surface area contributed by atoms with Gasteiger partial charge in [0.1, 0.15) is 17.1 Å². The summed E-state index contributed by atoms with van der Waals surface area (Å²) in [6.45, 7) is 1.88. The molecule has 0 fully saturated rings. The van der Waals surface area contributed by atoms with Crippen molar-refractivity contribution in [2.75, 3.05) is 20.4 Å². The van der Waals surface area contributed by atoms with Gasteiger partial charge in [-0.2, -0.15) is 0 Å². The molecule has 0 N–H and O–H groups in total. The molecule has 0 heterocycles. The Balaban J connectivity index is 2.68. The predicted octanol–water partition coefficient (Wildman–Crippen LogP) is 6.15. The molecule has 0 saturated carbocycles. The molecule has 5 nitrogen and oxygen atoms in total. The molecule has 2 aromatic rings. The second-order valence-corrected chi connectivity index (χ2v) is 9.61. The topological polar surface area (TPSA) is 69.7 Å². The summed E-state index contributed by atoms with van der Waals surface area (Å²) < 4.78 is 24.4. The second-order valence-electron chi connectivity index (χ2n) is 6.06. The molecule has 0 aromatic heterocycles. The summed E-state index contributed by atoms with van der Waals surface area (Å²) in [5.74, 6) is 0.359. The van der Waals surface area contributed by atoms with Gasteiger partial charge < -0.3 is 14.0 Å². The summed E-state index contributed by atoms with van der Waals surface area (Å²) in [5.41, 5.74) is -1.80. The minimum absolute atomic E-state index is 0.0246. The molecule has 0 spiro atoms. The maximum absolute atomic E-state index is 13.9. The van der Waals surface area contributed by atoms with Crippen LogP contribution < -0.4 is 9.47 Å². The van der Waals surface area contributed by atoms with E-state index in [2.05, 4.69) is 0 Å². The number of ether oxygens (including phenoxy) is 2. The Morgan fingerprint density at radius 2 is 1.36 bits per heavy atom. The fourth-order valence-corrected chi connectivity index (χ4v) is 6.04. The summed E-state index contributed by atoms with van der Waals surface area (Å²) in [4.78, 5) is 26.7. The van der Waals surface area contributed by atoms with Crippen LogP contribution in [0.25, 0.3) is 0 Å². The van der Waals surface area contributed by atoms with Gasteiger partial charge in [0, 0.05) is 6.16 Å². The molecule has 8 heteroatoms. The molecule has 0 aliphatic carbocycles. The summed E-state index contributed by atoms with van der Waals surface area (Å²) in [6.07, 6.45) is 0.988. The quantitative estimate of drug-likeness (QED) is 0.435. The highest BCUT2D eigenvalue weighted by atomic mass is 35.5. The van der Waals surface area contributed by atoms with Gasteiger partial charge >= 0.3 is 0 Å². The number of hydrogen-bond donors (Lipinski definition) is 0. The summed E-state index contributed by atoms with van der Waals surface area (Å²) in [5, 5.41) is 0.100. The maximum Gasteiger partial charge on any atom is 0.236 e. The van der Waals surface area contributed by atoms with Crippen molar-refractivity contribution in [2.24, 2.45) is 0 Å². The number of hydrogen-bond acceptors (Lipinski definition) is 5. The van der Waals surface area contributed by atoms with Crippen LogP contribution in [-0.2, 0) is 4.57 Å². The molecule has 0 aliphatic rings. The fraction of sp³-hybridized carbons (Fsp3) is 0.300. The monoisotopic (exact) mass is 442 g/mol. The van der Waals surface area contributed by atoms with Crippen molar-refractivity contribution in [3.8, 4) is 11.5 Å². The van der Waals surface area contributed by atoms with Crippen molar-refractivity contribution in [1.82, 2.24) is 0 Å². The van der Waals surface area contributed by atoms with Gasteiger partial charge in [0.05, 0.1) is 29.8 Å². The molecule has 2 aromatic carbocycles. The Morgan fingerprint density at radius 3 is 1.82 bits per heavy atom. The number of unbranched alkanes of at least 4 members (excludes halogenated alkanes) is 1. The van der Waals surface area contributed by atoms with Crippen LogP contribution in [0.3, 0.4) is 0 Å². The molecule has 1 atom stereocenters. The van der Waals surface area contributed by atoms with E-state index in [4.69, 9.17) is 32.7 Å². The number of halogens is 2. The molecule has 0 radical (unpaired) electrons. The van der Waals surface area contributed by atoms with Gasteiger partial charge in [0.15, 0.2) is 0 Å². The minimum Gasteiger partial charge on any atom is -0.496 e. The van der Waals surface area contributed by atoms with Crippen molar-refractivity contribution in [3.05, 3.63) is 57.6 Å². The highest BCUT2D eigenvalue weighted by Gasteiger charge is 2.44. The van der Waals surface area contributed by atoms with Crippen LogP contribution >= 0.6 is 30.3 Å². The molecule has 0 amide bonds. The number of methoxy groups -OCH3 is 2. The molecule has 150 valence electrons. The molecular formula is C20H21Cl2O5P. The van der Waals surface area contributed by atoms with Gasteiger partial charge in [-0.05, 0) is 30.7 Å². The standard InChI is InChI=1S/C20H21Cl2O5P/c1-4-5-12-28(25,19(23)17-13(21)8-6-9-14(17)22)20(24)18-15(26-2)10-7-11-16(18)27-3/h6-11H,4-5,12H2,1-3H3. The molecular weight excluding hydrogens is 422 g/mol. The maximum atomic E-state index is 13.9. The highest BCUT2D eigenvalue weighted by molar-refractivity contribution is 7.95. The van der Waals surface area contributed by atoms with Crippen LogP contribution in [0.1, 0.15) is 40.5 Å². The third-order valence-corrected chi connectivity index (χ3v) is 7.64. The average molecular weight is 443 g/mol. The number of carbonyl (C=O) groups excluding carboxylic acids is 2. The minimum atomic E-state index is -4.10. The van der Waals surface area contributed by atoms with Crippen LogP contribution in [0.15, 0.2) is 36.4 Å². The van der Waals surface area contributed by atoms with E-state index >= 15 is 0 Å². The van der Waals surface area contributed by atoms with Gasteiger partial charge in [0.25, 0.3) is 0 Å². The lowest BCUT2D eigenvalue weighted by atomic mass is 10.2. The van der Waals surface area contributed by atoms with E-state index in [9.17, 15) is 14.2 Å². The Kier molecular flexibility index (Phi) is 7.70. The van der Waals surface area contributed by atoms with Crippen molar-refractivity contribution >= 4 is 41.4 Å². The Morgan fingerprint density at radius 1 is 0.893 bits per heavy atom. The van der Waals surface area contributed by atoms with Gasteiger partial charge in [0.2, 0.25) is 18.2 Å². The molecule has 1 unspecified atom stereocenters. The van der Waals surface area contributed by atoms with E-state index < -0.39 is 18.2 Å². The van der Waals surface area contributed by atoms with E-state index in [1.165, 1.54) is 26.4 Å². The number of benzene rings is 2. The first kappa shape index (κ1) is 22.5. The lowest BCUT2D eigenvalue weighted by molar-refractivity contribution is 0.103. The van der Waals surface area contributed by atoms with E-state index in [1.807, 2.05) is 6.92 Å². The lowest BCUT2D eigenvalue weighted by Crippen LogP contribution is -2.16. The normalized spacial score (nSPS) is 12.9. The zero-order chi connectivity index (χ0) is 20.9. The van der Waals surface area contributed by atoms with E-state index in [-0.39, 0.29) is 38.8 Å². The summed E-state index contributed by atoms with van der Waals surface area (Å²) >= 11 is 12.3. The van der Waals surface area contributed by atoms with Gasteiger partial charge in [-0.1, -0.05) is 48.7 Å². The summed E-state index contributed by atoms with van der Waals surface area (Å²) in [6, 6.07) is 9.25. The van der Waals surface area contributed by atoms with Gasteiger partial charge in [-0.15, -0.1) is 0 Å². The first-order chi connectivity index (χ1) is 13.3. The fourth-order valence-electron chi connectivity index (χ4n) is 2.80. The highest BCUT2D eigenvalue weighted by Crippen LogP contribution is 2.56. The zero-order valence-electron chi connectivity index (χ0n) is 15.8. The molecule has 0 bridgehead atoms. The summed E-state index contributed by atoms with van der Waals surface area (Å²) in [7, 11) is -1.33. The SMILES string of the molecule is CCCCP(=O)(C(=O)c1c(Cl)cccc1Cl)C(=O)c1c(OC)cccc1OC.